The second-order valence-electron chi connectivity index (χ2n) is 4.99. The predicted octanol–water partition coefficient (Wildman–Crippen LogP) is 3.06. The van der Waals surface area contributed by atoms with Gasteiger partial charge in [-0.3, -0.25) is 5.32 Å². The molecule has 0 spiro atoms. The summed E-state index contributed by atoms with van der Waals surface area (Å²) in [4.78, 5) is 11.5. The summed E-state index contributed by atoms with van der Waals surface area (Å²) in [6.45, 7) is 6.49. The van der Waals surface area contributed by atoms with E-state index in [9.17, 15) is 4.79 Å². The number of anilines is 1. The molecule has 0 atom stereocenters. The molecule has 19 heavy (non-hydrogen) atoms. The molecule has 1 rings (SSSR count). The Morgan fingerprint density at radius 2 is 1.79 bits per heavy atom. The quantitative estimate of drug-likeness (QED) is 0.833. The minimum absolute atomic E-state index is 0.472. The minimum Gasteiger partial charge on any atom is -0.491 e. The third kappa shape index (κ3) is 6.67. The van der Waals surface area contributed by atoms with Crippen molar-refractivity contribution in [2.75, 3.05) is 25.6 Å². The van der Waals surface area contributed by atoms with Crippen molar-refractivity contribution in [3.63, 3.8) is 0 Å². The van der Waals surface area contributed by atoms with E-state index in [1.807, 2.05) is 20.8 Å². The van der Waals surface area contributed by atoms with Gasteiger partial charge in [0.2, 0.25) is 0 Å². The normalized spacial score (nSPS) is 10.9. The molecule has 0 fully saturated rings. The molecule has 0 saturated carbocycles. The van der Waals surface area contributed by atoms with Crippen molar-refractivity contribution in [3.8, 4) is 5.75 Å². The molecule has 0 aliphatic heterocycles. The van der Waals surface area contributed by atoms with Crippen molar-refractivity contribution >= 4 is 11.8 Å². The maximum atomic E-state index is 11.5. The van der Waals surface area contributed by atoms with Gasteiger partial charge in [-0.1, -0.05) is 0 Å². The molecule has 1 aromatic rings. The minimum atomic E-state index is -0.507. The van der Waals surface area contributed by atoms with E-state index in [1.54, 1.807) is 31.4 Å². The van der Waals surface area contributed by atoms with Crippen molar-refractivity contribution in [3.05, 3.63) is 24.3 Å². The SMILES string of the molecule is COCCOc1ccc(NC(=O)OC(C)(C)C)cc1. The summed E-state index contributed by atoms with van der Waals surface area (Å²) in [5.74, 6) is 0.729. The van der Waals surface area contributed by atoms with Crippen LogP contribution in [0, 0.1) is 0 Å². The maximum Gasteiger partial charge on any atom is 0.412 e. The van der Waals surface area contributed by atoms with Crippen molar-refractivity contribution in [1.29, 1.82) is 0 Å². The molecule has 0 unspecified atom stereocenters. The molecule has 1 N–H and O–H groups in total. The fourth-order valence-corrected chi connectivity index (χ4v) is 1.30. The second-order valence-corrected chi connectivity index (χ2v) is 4.99. The van der Waals surface area contributed by atoms with Gasteiger partial charge in [-0.2, -0.15) is 0 Å². The number of hydrogen-bond acceptors (Lipinski definition) is 4. The van der Waals surface area contributed by atoms with E-state index in [0.717, 1.165) is 5.75 Å². The lowest BCUT2D eigenvalue weighted by Crippen LogP contribution is -2.27. The van der Waals surface area contributed by atoms with Crippen LogP contribution in [0.1, 0.15) is 20.8 Å². The summed E-state index contributed by atoms with van der Waals surface area (Å²) < 4.78 is 15.5. The van der Waals surface area contributed by atoms with Crippen LogP contribution >= 0.6 is 0 Å². The van der Waals surface area contributed by atoms with Gasteiger partial charge in [-0.15, -0.1) is 0 Å². The summed E-state index contributed by atoms with van der Waals surface area (Å²) >= 11 is 0. The fourth-order valence-electron chi connectivity index (χ4n) is 1.30. The molecule has 0 heterocycles. The molecule has 0 radical (unpaired) electrons. The number of amides is 1. The van der Waals surface area contributed by atoms with Crippen molar-refractivity contribution in [2.45, 2.75) is 26.4 Å². The lowest BCUT2D eigenvalue weighted by atomic mass is 10.2. The van der Waals surface area contributed by atoms with Crippen LogP contribution in [0.3, 0.4) is 0 Å². The monoisotopic (exact) mass is 267 g/mol. The van der Waals surface area contributed by atoms with Crippen molar-refractivity contribution in [2.24, 2.45) is 0 Å². The van der Waals surface area contributed by atoms with E-state index in [-0.39, 0.29) is 0 Å². The van der Waals surface area contributed by atoms with Crippen LogP contribution in [0.5, 0.6) is 5.75 Å². The van der Waals surface area contributed by atoms with E-state index in [2.05, 4.69) is 5.32 Å². The average molecular weight is 267 g/mol. The third-order valence-electron chi connectivity index (χ3n) is 2.06. The lowest BCUT2D eigenvalue weighted by molar-refractivity contribution is 0.0636. The van der Waals surface area contributed by atoms with Crippen LogP contribution in [0.4, 0.5) is 10.5 Å². The Morgan fingerprint density at radius 1 is 1.16 bits per heavy atom. The summed E-state index contributed by atoms with van der Waals surface area (Å²) in [7, 11) is 1.62. The van der Waals surface area contributed by atoms with E-state index in [4.69, 9.17) is 14.2 Å². The van der Waals surface area contributed by atoms with Gasteiger partial charge in [0.15, 0.2) is 0 Å². The molecule has 0 aliphatic carbocycles. The highest BCUT2D eigenvalue weighted by Gasteiger charge is 2.15. The van der Waals surface area contributed by atoms with E-state index in [0.29, 0.717) is 18.9 Å². The van der Waals surface area contributed by atoms with E-state index in [1.165, 1.54) is 0 Å². The van der Waals surface area contributed by atoms with Crippen LogP contribution < -0.4 is 10.1 Å². The summed E-state index contributed by atoms with van der Waals surface area (Å²) in [6.07, 6.45) is -0.472. The molecular formula is C14H21NO4. The number of hydrogen-bond donors (Lipinski definition) is 1. The molecule has 5 nitrogen and oxygen atoms in total. The number of ether oxygens (including phenoxy) is 3. The number of methoxy groups -OCH3 is 1. The molecule has 0 aliphatic rings. The van der Waals surface area contributed by atoms with Gasteiger partial charge in [0.05, 0.1) is 6.61 Å². The van der Waals surface area contributed by atoms with Crippen LogP contribution in [-0.4, -0.2) is 32.0 Å². The lowest BCUT2D eigenvalue weighted by Gasteiger charge is -2.19. The zero-order chi connectivity index (χ0) is 14.3. The van der Waals surface area contributed by atoms with E-state index < -0.39 is 11.7 Å². The standard InChI is InChI=1S/C14H21NO4/c1-14(2,3)19-13(16)15-11-5-7-12(8-6-11)18-10-9-17-4/h5-8H,9-10H2,1-4H3,(H,15,16). The number of carbonyl (C=O) groups is 1. The zero-order valence-electron chi connectivity index (χ0n) is 11.9. The van der Waals surface area contributed by atoms with Gasteiger partial charge in [-0.25, -0.2) is 4.79 Å². The van der Waals surface area contributed by atoms with Crippen LogP contribution in [0.2, 0.25) is 0 Å². The molecule has 0 saturated heterocycles. The highest BCUT2D eigenvalue weighted by Crippen LogP contribution is 2.16. The van der Waals surface area contributed by atoms with E-state index >= 15 is 0 Å². The Hall–Kier alpha value is -1.75. The predicted molar refractivity (Wildman–Crippen MR) is 73.7 cm³/mol. The van der Waals surface area contributed by atoms with Gasteiger partial charge in [-0.05, 0) is 45.0 Å². The fraction of sp³-hybridized carbons (Fsp3) is 0.500. The Bertz CT molecular complexity index is 395. The molecule has 0 aromatic heterocycles. The largest absolute Gasteiger partial charge is 0.491 e. The smallest absolute Gasteiger partial charge is 0.412 e. The Morgan fingerprint density at radius 3 is 2.32 bits per heavy atom. The zero-order valence-corrected chi connectivity index (χ0v) is 11.9. The number of rotatable bonds is 5. The summed E-state index contributed by atoms with van der Waals surface area (Å²) in [5.41, 5.74) is 0.154. The Balaban J connectivity index is 2.45. The average Bonchev–Trinajstić information content (AvgIpc) is 2.29. The molecule has 0 bridgehead atoms. The molecular weight excluding hydrogens is 246 g/mol. The number of carbonyl (C=O) groups excluding carboxylic acids is 1. The van der Waals surface area contributed by atoms with Gasteiger partial charge >= 0.3 is 6.09 Å². The molecule has 1 amide bonds. The number of nitrogens with one attached hydrogen (secondary N) is 1. The van der Waals surface area contributed by atoms with Gasteiger partial charge in [0, 0.05) is 12.8 Å². The highest BCUT2D eigenvalue weighted by molar-refractivity contribution is 5.84. The summed E-state index contributed by atoms with van der Waals surface area (Å²) in [5, 5.41) is 2.65. The second kappa shape index (κ2) is 6.99. The van der Waals surface area contributed by atoms with Crippen molar-refractivity contribution in [1.82, 2.24) is 0 Å². The van der Waals surface area contributed by atoms with Crippen LogP contribution in [-0.2, 0) is 9.47 Å². The molecule has 5 heteroatoms. The topological polar surface area (TPSA) is 56.8 Å². The Labute approximate surface area is 113 Å². The first kappa shape index (κ1) is 15.3. The highest BCUT2D eigenvalue weighted by atomic mass is 16.6. The van der Waals surface area contributed by atoms with Crippen LogP contribution in [0.25, 0.3) is 0 Å². The van der Waals surface area contributed by atoms with Crippen LogP contribution in [0.15, 0.2) is 24.3 Å². The first-order valence-corrected chi connectivity index (χ1v) is 6.12. The Kier molecular flexibility index (Phi) is 5.63. The molecule has 106 valence electrons. The van der Waals surface area contributed by atoms with Gasteiger partial charge in [0.1, 0.15) is 18.0 Å². The maximum absolute atomic E-state index is 11.5. The summed E-state index contributed by atoms with van der Waals surface area (Å²) in [6, 6.07) is 7.07. The number of benzene rings is 1. The first-order valence-electron chi connectivity index (χ1n) is 6.12. The van der Waals surface area contributed by atoms with Gasteiger partial charge in [0.25, 0.3) is 0 Å². The van der Waals surface area contributed by atoms with Crippen molar-refractivity contribution < 1.29 is 19.0 Å². The molecule has 1 aromatic carbocycles. The van der Waals surface area contributed by atoms with Gasteiger partial charge < -0.3 is 14.2 Å². The first-order chi connectivity index (χ1) is 8.90. The third-order valence-corrected chi connectivity index (χ3v) is 2.06.